The number of aliphatic hydroxyl groups is 1. The van der Waals surface area contributed by atoms with E-state index < -0.39 is 6.10 Å². The minimum atomic E-state index is -0.427. The molecular weight excluding hydrogens is 404 g/mol. The molecule has 32 heavy (non-hydrogen) atoms. The maximum absolute atomic E-state index is 10.3. The summed E-state index contributed by atoms with van der Waals surface area (Å²) < 4.78 is 10.8. The maximum Gasteiger partial charge on any atom is 0.244 e. The number of aliphatic hydroxyl groups excluding tert-OH is 1. The number of hydrogen-bond acceptors (Lipinski definition) is 7. The van der Waals surface area contributed by atoms with Crippen molar-refractivity contribution in [3.8, 4) is 28.4 Å². The summed E-state index contributed by atoms with van der Waals surface area (Å²) in [5.41, 5.74) is 4.04. The van der Waals surface area contributed by atoms with Gasteiger partial charge in [-0.3, -0.25) is 9.88 Å². The van der Waals surface area contributed by atoms with Crippen molar-refractivity contribution in [1.82, 2.24) is 20.0 Å². The van der Waals surface area contributed by atoms with Crippen molar-refractivity contribution in [2.45, 2.75) is 25.1 Å². The van der Waals surface area contributed by atoms with Gasteiger partial charge in [0.05, 0.1) is 24.9 Å². The molecule has 2 aromatic carbocycles. The van der Waals surface area contributed by atoms with E-state index in [-0.39, 0.29) is 6.04 Å². The first-order valence-corrected chi connectivity index (χ1v) is 10.6. The van der Waals surface area contributed by atoms with E-state index in [9.17, 15) is 5.11 Å². The molecule has 1 N–H and O–H groups in total. The van der Waals surface area contributed by atoms with Crippen LogP contribution in [0, 0.1) is 0 Å². The van der Waals surface area contributed by atoms with Gasteiger partial charge in [-0.15, -0.1) is 0 Å². The highest BCUT2D eigenvalue weighted by molar-refractivity contribution is 5.59. The summed E-state index contributed by atoms with van der Waals surface area (Å²) in [6.45, 7) is 1.25. The largest absolute Gasteiger partial charge is 0.497 e. The van der Waals surface area contributed by atoms with E-state index in [0.717, 1.165) is 28.1 Å². The van der Waals surface area contributed by atoms with Crippen LogP contribution in [0.2, 0.25) is 0 Å². The maximum atomic E-state index is 10.3. The first-order chi connectivity index (χ1) is 15.7. The van der Waals surface area contributed by atoms with E-state index in [1.54, 1.807) is 13.3 Å². The number of β-amino-alcohol motifs (C(OH)–C–C–N with tert-alkyl or cyclic N) is 1. The lowest BCUT2D eigenvalue weighted by molar-refractivity contribution is 0.169. The van der Waals surface area contributed by atoms with E-state index in [0.29, 0.717) is 31.2 Å². The Kier molecular flexibility index (Phi) is 5.66. The Morgan fingerprint density at radius 3 is 2.53 bits per heavy atom. The number of hydrogen-bond donors (Lipinski definition) is 1. The number of ether oxygens (including phenoxy) is 1. The Morgan fingerprint density at radius 2 is 1.81 bits per heavy atom. The number of aromatic nitrogens is 3. The average Bonchev–Trinajstić information content (AvgIpc) is 3.47. The summed E-state index contributed by atoms with van der Waals surface area (Å²) in [7, 11) is 1.63. The smallest absolute Gasteiger partial charge is 0.244 e. The van der Waals surface area contributed by atoms with Gasteiger partial charge < -0.3 is 14.4 Å². The Hall–Kier alpha value is -3.55. The van der Waals surface area contributed by atoms with Crippen LogP contribution in [0.4, 0.5) is 0 Å². The van der Waals surface area contributed by atoms with Crippen LogP contribution in [-0.4, -0.2) is 44.9 Å². The molecule has 0 radical (unpaired) electrons. The monoisotopic (exact) mass is 428 g/mol. The Morgan fingerprint density at radius 1 is 1.03 bits per heavy atom. The number of pyridine rings is 1. The Labute approximate surface area is 186 Å². The minimum absolute atomic E-state index is 0.125. The molecule has 0 aliphatic carbocycles. The second-order valence-corrected chi connectivity index (χ2v) is 7.93. The molecule has 2 aromatic heterocycles. The van der Waals surface area contributed by atoms with Crippen LogP contribution >= 0.6 is 0 Å². The van der Waals surface area contributed by atoms with Crippen molar-refractivity contribution in [2.75, 3.05) is 13.7 Å². The molecule has 0 saturated carbocycles. The first-order valence-electron chi connectivity index (χ1n) is 10.6. The molecule has 1 saturated heterocycles. The van der Waals surface area contributed by atoms with E-state index >= 15 is 0 Å². The van der Waals surface area contributed by atoms with Gasteiger partial charge in [0, 0.05) is 30.4 Å². The quantitative estimate of drug-likeness (QED) is 0.495. The molecule has 0 spiro atoms. The van der Waals surface area contributed by atoms with Gasteiger partial charge in [-0.2, -0.15) is 4.98 Å². The van der Waals surface area contributed by atoms with Crippen molar-refractivity contribution in [3.05, 3.63) is 84.4 Å². The molecule has 3 heterocycles. The highest BCUT2D eigenvalue weighted by Gasteiger charge is 2.36. The third-order valence-corrected chi connectivity index (χ3v) is 5.76. The van der Waals surface area contributed by atoms with Gasteiger partial charge in [0.1, 0.15) is 5.75 Å². The summed E-state index contributed by atoms with van der Waals surface area (Å²) in [5.74, 6) is 1.83. The highest BCUT2D eigenvalue weighted by atomic mass is 16.5. The Balaban J connectivity index is 1.32. The third-order valence-electron chi connectivity index (χ3n) is 5.76. The van der Waals surface area contributed by atoms with Gasteiger partial charge in [-0.05, 0) is 48.4 Å². The van der Waals surface area contributed by atoms with Crippen LogP contribution in [0.3, 0.4) is 0 Å². The number of likely N-dealkylation sites (tertiary alicyclic amines) is 1. The lowest BCUT2D eigenvalue weighted by Gasteiger charge is -2.21. The zero-order chi connectivity index (χ0) is 21.9. The number of rotatable bonds is 6. The fourth-order valence-electron chi connectivity index (χ4n) is 4.09. The highest BCUT2D eigenvalue weighted by Crippen LogP contribution is 2.34. The standard InChI is InChI=1S/C25H24N4O3/c1-31-21-11-9-19(10-12-21)24-27-25(32-28-24)23-14-20(30)16-29(23)15-17-5-7-18(8-6-17)22-4-2-3-13-26-22/h2-13,20,23,30H,14-16H2,1H3/t20-,23+/m1/s1. The van der Waals surface area contributed by atoms with Crippen molar-refractivity contribution >= 4 is 0 Å². The molecule has 0 unspecified atom stereocenters. The third kappa shape index (κ3) is 4.26. The number of nitrogens with zero attached hydrogens (tertiary/aromatic N) is 4. The van der Waals surface area contributed by atoms with Gasteiger partial charge in [0.2, 0.25) is 11.7 Å². The van der Waals surface area contributed by atoms with E-state index in [4.69, 9.17) is 9.26 Å². The topological polar surface area (TPSA) is 84.5 Å². The van der Waals surface area contributed by atoms with Crippen LogP contribution in [0.15, 0.2) is 77.4 Å². The van der Waals surface area contributed by atoms with Crippen molar-refractivity contribution in [3.63, 3.8) is 0 Å². The molecule has 162 valence electrons. The lowest BCUT2D eigenvalue weighted by atomic mass is 10.1. The minimum Gasteiger partial charge on any atom is -0.497 e. The molecule has 1 aliphatic heterocycles. The second-order valence-electron chi connectivity index (χ2n) is 7.93. The van der Waals surface area contributed by atoms with E-state index in [1.165, 1.54) is 0 Å². The van der Waals surface area contributed by atoms with Crippen molar-refractivity contribution in [2.24, 2.45) is 0 Å². The number of methoxy groups -OCH3 is 1. The van der Waals surface area contributed by atoms with Crippen LogP contribution in [0.1, 0.15) is 23.9 Å². The first kappa shape index (κ1) is 20.4. The molecule has 4 aromatic rings. The molecule has 1 fully saturated rings. The SMILES string of the molecule is COc1ccc(-c2noc([C@@H]3C[C@@H](O)CN3Cc3ccc(-c4ccccn4)cc3)n2)cc1. The summed E-state index contributed by atoms with van der Waals surface area (Å²) >= 11 is 0. The fourth-order valence-corrected chi connectivity index (χ4v) is 4.09. The van der Waals surface area contributed by atoms with Gasteiger partial charge in [0.25, 0.3) is 0 Å². The molecular formula is C25H24N4O3. The van der Waals surface area contributed by atoms with Crippen LogP contribution in [0.25, 0.3) is 22.6 Å². The van der Waals surface area contributed by atoms with Crippen molar-refractivity contribution < 1.29 is 14.4 Å². The average molecular weight is 428 g/mol. The molecule has 1 aliphatic rings. The zero-order valence-corrected chi connectivity index (χ0v) is 17.8. The predicted molar refractivity (Wildman–Crippen MR) is 120 cm³/mol. The van der Waals surface area contributed by atoms with Crippen LogP contribution < -0.4 is 4.74 Å². The van der Waals surface area contributed by atoms with Crippen molar-refractivity contribution in [1.29, 1.82) is 0 Å². The molecule has 5 rings (SSSR count). The van der Waals surface area contributed by atoms with Gasteiger partial charge in [-0.1, -0.05) is 35.5 Å². The zero-order valence-electron chi connectivity index (χ0n) is 17.8. The second kappa shape index (κ2) is 8.90. The van der Waals surface area contributed by atoms with Gasteiger partial charge in [-0.25, -0.2) is 0 Å². The fraction of sp³-hybridized carbons (Fsp3) is 0.240. The number of benzene rings is 2. The summed E-state index contributed by atoms with van der Waals surface area (Å²) in [6, 6.07) is 21.7. The van der Waals surface area contributed by atoms with Gasteiger partial charge >= 0.3 is 0 Å². The normalized spacial score (nSPS) is 18.7. The van der Waals surface area contributed by atoms with Crippen LogP contribution in [0.5, 0.6) is 5.75 Å². The molecule has 0 bridgehead atoms. The van der Waals surface area contributed by atoms with E-state index in [2.05, 4.69) is 44.3 Å². The van der Waals surface area contributed by atoms with Crippen LogP contribution in [-0.2, 0) is 6.54 Å². The lowest BCUT2D eigenvalue weighted by Crippen LogP contribution is -2.24. The Bertz CT molecular complexity index is 1160. The predicted octanol–water partition coefficient (Wildman–Crippen LogP) is 4.12. The summed E-state index contributed by atoms with van der Waals surface area (Å²) in [5, 5.41) is 14.5. The summed E-state index contributed by atoms with van der Waals surface area (Å²) in [6.07, 6.45) is 1.93. The van der Waals surface area contributed by atoms with E-state index in [1.807, 2.05) is 42.5 Å². The van der Waals surface area contributed by atoms with Gasteiger partial charge in [0.15, 0.2) is 0 Å². The molecule has 7 heteroatoms. The summed E-state index contributed by atoms with van der Waals surface area (Å²) in [4.78, 5) is 11.2. The molecule has 2 atom stereocenters. The molecule has 0 amide bonds. The molecule has 7 nitrogen and oxygen atoms in total.